The first-order valence-corrected chi connectivity index (χ1v) is 18.1. The first-order valence-electron chi connectivity index (χ1n) is 17.3. The molecular formula is C36H41F3N8OS. The summed E-state index contributed by atoms with van der Waals surface area (Å²) in [6.07, 6.45) is 2.92. The zero-order valence-electron chi connectivity index (χ0n) is 27.9. The third kappa shape index (κ3) is 6.06. The first-order chi connectivity index (χ1) is 23.4. The van der Waals surface area contributed by atoms with Gasteiger partial charge in [-0.05, 0) is 100 Å². The molecular weight excluding hydrogens is 650 g/mol. The number of fused-ring (bicyclic) bond motifs is 2. The molecule has 13 heteroatoms. The quantitative estimate of drug-likeness (QED) is 0.218. The number of carbonyl (C=O) groups is 1. The topological polar surface area (TPSA) is 102 Å². The highest BCUT2D eigenvalue weighted by Gasteiger charge is 2.68. The highest BCUT2D eigenvalue weighted by molar-refractivity contribution is 7.18. The largest absolute Gasteiger partial charge is 0.393 e. The van der Waals surface area contributed by atoms with Gasteiger partial charge in [0.1, 0.15) is 28.7 Å². The van der Waals surface area contributed by atoms with Crippen molar-refractivity contribution in [3.8, 4) is 6.07 Å². The van der Waals surface area contributed by atoms with Crippen LogP contribution in [0.4, 0.5) is 19.0 Å². The number of alkyl halides is 3. The number of nitrogens with one attached hydrogen (secondary N) is 2. The number of amides is 1. The number of nitriles is 1. The molecule has 2 aliphatic heterocycles. The van der Waals surface area contributed by atoms with Gasteiger partial charge in [-0.1, -0.05) is 6.07 Å². The fraction of sp³-hybridized carbons (Fsp3) is 0.556. The Morgan fingerprint density at radius 2 is 1.88 bits per heavy atom. The number of aryl methyl sites for hydroxylation is 1. The van der Waals surface area contributed by atoms with E-state index in [-0.39, 0.29) is 33.8 Å². The molecule has 0 radical (unpaired) electrons. The van der Waals surface area contributed by atoms with Crippen LogP contribution >= 0.6 is 11.3 Å². The third-order valence-corrected chi connectivity index (χ3v) is 12.5. The normalized spacial score (nSPS) is 26.1. The molecule has 5 aliphatic rings. The van der Waals surface area contributed by atoms with Gasteiger partial charge in [0.15, 0.2) is 0 Å². The van der Waals surface area contributed by atoms with Gasteiger partial charge in [0.25, 0.3) is 0 Å². The number of piperidine rings is 1. The van der Waals surface area contributed by atoms with Crippen LogP contribution in [0.2, 0.25) is 0 Å². The number of anilines is 1. The summed E-state index contributed by atoms with van der Waals surface area (Å²) in [5.41, 5.74) is 4.31. The number of thiophene rings is 1. The SMILES string of the molecule is Cc1c(CN2CCC(Nc3ncnc4sc(CC(F)(F)F)cc34)CC2)ccc2c1cc(C#N)n2CC12CC(NC(=O)C3CCCN3C)(C1)C2. The van der Waals surface area contributed by atoms with Crippen LogP contribution in [0.25, 0.3) is 21.1 Å². The lowest BCUT2D eigenvalue weighted by Crippen LogP contribution is -2.76. The molecule has 1 amide bonds. The van der Waals surface area contributed by atoms with E-state index in [9.17, 15) is 23.2 Å². The number of benzene rings is 1. The Labute approximate surface area is 287 Å². The van der Waals surface area contributed by atoms with Gasteiger partial charge in [-0.15, -0.1) is 11.3 Å². The average Bonchev–Trinajstić information content (AvgIpc) is 3.73. The van der Waals surface area contributed by atoms with Crippen LogP contribution < -0.4 is 10.6 Å². The molecule has 5 fully saturated rings. The maximum absolute atomic E-state index is 13.0. The molecule has 1 atom stereocenters. The zero-order valence-corrected chi connectivity index (χ0v) is 28.7. The number of likely N-dealkylation sites (tertiary alicyclic amines) is 2. The lowest BCUT2D eigenvalue weighted by molar-refractivity contribution is -0.173. The predicted octanol–water partition coefficient (Wildman–Crippen LogP) is 6.14. The standard InChI is InChI=1S/C36H41F3N8OS/c1-22-23(16-46-10-7-24(8-11-46)43-31-28-13-26(14-36(37,38)39)49-33(28)42-21-41-31)5-6-29-27(22)12-25(15-40)47(29)20-34-17-35(18-34,19-34)44-32(48)30-4-3-9-45(30)2/h5-6,12-13,21,24,30H,3-4,7-11,14,16-20H2,1-2H3,(H,44,48)(H,41,42,43). The number of hydrogen-bond acceptors (Lipinski definition) is 8. The Kier molecular flexibility index (Phi) is 7.92. The van der Waals surface area contributed by atoms with Crippen LogP contribution in [0.15, 0.2) is 30.6 Å². The van der Waals surface area contributed by atoms with Crippen molar-refractivity contribution in [2.45, 2.75) is 95.2 Å². The Hall–Kier alpha value is -3.73. The number of carbonyl (C=O) groups excluding carboxylic acids is 1. The molecule has 4 aromatic rings. The van der Waals surface area contributed by atoms with E-state index in [0.29, 0.717) is 21.7 Å². The summed E-state index contributed by atoms with van der Waals surface area (Å²) in [7, 11) is 2.03. The van der Waals surface area contributed by atoms with E-state index in [2.05, 4.69) is 60.1 Å². The average molecular weight is 691 g/mol. The third-order valence-electron chi connectivity index (χ3n) is 11.5. The van der Waals surface area contributed by atoms with Gasteiger partial charge in [-0.2, -0.15) is 18.4 Å². The molecule has 258 valence electrons. The van der Waals surface area contributed by atoms with Crippen molar-refractivity contribution >= 4 is 44.2 Å². The number of rotatable bonds is 9. The number of hydrogen-bond donors (Lipinski definition) is 2. The fourth-order valence-corrected chi connectivity index (χ4v) is 10.2. The molecule has 3 aliphatic carbocycles. The minimum absolute atomic E-state index is 0.00315. The van der Waals surface area contributed by atoms with Crippen molar-refractivity contribution in [2.75, 3.05) is 32.0 Å². The van der Waals surface area contributed by atoms with Crippen molar-refractivity contribution in [3.63, 3.8) is 0 Å². The van der Waals surface area contributed by atoms with E-state index in [0.717, 1.165) is 99.9 Å². The smallest absolute Gasteiger partial charge is 0.367 e. The van der Waals surface area contributed by atoms with Crippen LogP contribution in [0, 0.1) is 23.7 Å². The van der Waals surface area contributed by atoms with Crippen molar-refractivity contribution in [3.05, 3.63) is 52.3 Å². The number of nitrogens with zero attached hydrogens (tertiary/aromatic N) is 6. The molecule has 0 spiro atoms. The molecule has 2 bridgehead atoms. The molecule has 2 N–H and O–H groups in total. The molecule has 1 aromatic carbocycles. The van der Waals surface area contributed by atoms with Gasteiger partial charge in [0.2, 0.25) is 5.91 Å². The lowest BCUT2D eigenvalue weighted by Gasteiger charge is -2.71. The molecule has 3 aromatic heterocycles. The van der Waals surface area contributed by atoms with E-state index in [1.54, 1.807) is 6.07 Å². The second kappa shape index (κ2) is 12.0. The van der Waals surface area contributed by atoms with Crippen LogP contribution in [-0.4, -0.2) is 80.7 Å². The zero-order chi connectivity index (χ0) is 34.1. The van der Waals surface area contributed by atoms with Crippen molar-refractivity contribution in [1.82, 2.24) is 29.7 Å². The van der Waals surface area contributed by atoms with Crippen molar-refractivity contribution < 1.29 is 18.0 Å². The summed E-state index contributed by atoms with van der Waals surface area (Å²) < 4.78 is 41.1. The highest BCUT2D eigenvalue weighted by atomic mass is 32.1. The number of aromatic nitrogens is 3. The van der Waals surface area contributed by atoms with Crippen LogP contribution in [0.3, 0.4) is 0 Å². The van der Waals surface area contributed by atoms with Crippen molar-refractivity contribution in [2.24, 2.45) is 5.41 Å². The molecule has 9 nitrogen and oxygen atoms in total. The summed E-state index contributed by atoms with van der Waals surface area (Å²) in [5.74, 6) is 0.774. The minimum atomic E-state index is -4.26. The molecule has 1 unspecified atom stereocenters. The first kappa shape index (κ1) is 32.5. The molecule has 2 saturated heterocycles. The highest BCUT2D eigenvalue weighted by Crippen LogP contribution is 2.68. The van der Waals surface area contributed by atoms with Gasteiger partial charge < -0.3 is 15.2 Å². The summed E-state index contributed by atoms with van der Waals surface area (Å²) in [6, 6.07) is 10.6. The summed E-state index contributed by atoms with van der Waals surface area (Å²) >= 11 is 1.07. The Morgan fingerprint density at radius 1 is 1.10 bits per heavy atom. The lowest BCUT2D eigenvalue weighted by atomic mass is 9.39. The predicted molar refractivity (Wildman–Crippen MR) is 183 cm³/mol. The summed E-state index contributed by atoms with van der Waals surface area (Å²) in [5, 5.41) is 18.7. The molecule has 9 rings (SSSR count). The van der Waals surface area contributed by atoms with E-state index in [1.807, 2.05) is 13.1 Å². The Balaban J connectivity index is 0.889. The molecule has 5 heterocycles. The van der Waals surface area contributed by atoms with Crippen LogP contribution in [0.5, 0.6) is 0 Å². The van der Waals surface area contributed by atoms with E-state index < -0.39 is 12.6 Å². The summed E-state index contributed by atoms with van der Waals surface area (Å²) in [6.45, 7) is 6.51. The van der Waals surface area contributed by atoms with Crippen LogP contribution in [0.1, 0.15) is 66.6 Å². The van der Waals surface area contributed by atoms with Crippen LogP contribution in [-0.2, 0) is 24.3 Å². The van der Waals surface area contributed by atoms with Gasteiger partial charge in [0.05, 0.1) is 17.8 Å². The minimum Gasteiger partial charge on any atom is -0.367 e. The number of likely N-dealkylation sites (N-methyl/N-ethyl adjacent to an activating group) is 1. The van der Waals surface area contributed by atoms with E-state index >= 15 is 0 Å². The van der Waals surface area contributed by atoms with Gasteiger partial charge in [-0.25, -0.2) is 9.97 Å². The van der Waals surface area contributed by atoms with Crippen molar-refractivity contribution in [1.29, 1.82) is 5.26 Å². The molecule has 49 heavy (non-hydrogen) atoms. The number of halogens is 3. The maximum atomic E-state index is 13.0. The van der Waals surface area contributed by atoms with Gasteiger partial charge in [0, 0.05) is 53.5 Å². The summed E-state index contributed by atoms with van der Waals surface area (Å²) in [4.78, 5) is 26.9. The van der Waals surface area contributed by atoms with E-state index in [4.69, 9.17) is 0 Å². The van der Waals surface area contributed by atoms with E-state index in [1.165, 1.54) is 17.5 Å². The second-order valence-electron chi connectivity index (χ2n) is 15.1. The maximum Gasteiger partial charge on any atom is 0.393 e. The monoisotopic (exact) mass is 690 g/mol. The van der Waals surface area contributed by atoms with Gasteiger partial charge >= 0.3 is 6.18 Å². The second-order valence-corrected chi connectivity index (χ2v) is 16.2. The molecule has 3 saturated carbocycles. The van der Waals surface area contributed by atoms with Gasteiger partial charge in [-0.3, -0.25) is 14.6 Å². The fourth-order valence-electron chi connectivity index (χ4n) is 9.15. The Bertz CT molecular complexity index is 1950. The Morgan fingerprint density at radius 3 is 2.57 bits per heavy atom.